The highest BCUT2D eigenvalue weighted by Crippen LogP contribution is 2.35. The zero-order chi connectivity index (χ0) is 14.8. The molecule has 0 fully saturated rings. The predicted octanol–water partition coefficient (Wildman–Crippen LogP) is 4.80. The molecular weight excluding hydrogens is 326 g/mol. The van der Waals surface area contributed by atoms with E-state index in [4.69, 9.17) is 4.74 Å². The summed E-state index contributed by atoms with van der Waals surface area (Å²) in [4.78, 5) is 0. The van der Waals surface area contributed by atoms with Gasteiger partial charge in [0, 0.05) is 16.6 Å². The molecule has 0 bridgehead atoms. The third-order valence-corrected chi connectivity index (χ3v) is 4.78. The highest BCUT2D eigenvalue weighted by molar-refractivity contribution is 9.10. The number of nitrogens with one attached hydrogen (secondary N) is 1. The van der Waals surface area contributed by atoms with Crippen LogP contribution in [-0.4, -0.2) is 7.11 Å². The van der Waals surface area contributed by atoms with Gasteiger partial charge in [-0.05, 0) is 60.7 Å². The number of hydrogen-bond acceptors (Lipinski definition) is 2. The standard InChI is InChI=1S/C18H20BrNO/c1-12(13-3-7-15(19)8-4-13)20-18-10-6-14-5-9-16(21-2)11-17(14)18/h3-5,7-9,11-12,18,20H,6,10H2,1-2H3/t12-,18?/m0/s1. The van der Waals surface area contributed by atoms with Gasteiger partial charge in [-0.15, -0.1) is 0 Å². The highest BCUT2D eigenvalue weighted by atomic mass is 79.9. The number of halogens is 1. The van der Waals surface area contributed by atoms with E-state index >= 15 is 0 Å². The molecule has 3 heteroatoms. The fourth-order valence-electron chi connectivity index (χ4n) is 3.03. The molecule has 1 N–H and O–H groups in total. The van der Waals surface area contributed by atoms with Crippen molar-refractivity contribution in [1.82, 2.24) is 5.32 Å². The van der Waals surface area contributed by atoms with Crippen LogP contribution in [0.1, 0.15) is 42.1 Å². The smallest absolute Gasteiger partial charge is 0.119 e. The lowest BCUT2D eigenvalue weighted by Gasteiger charge is -2.21. The van der Waals surface area contributed by atoms with Gasteiger partial charge in [-0.1, -0.05) is 34.1 Å². The van der Waals surface area contributed by atoms with Crippen LogP contribution >= 0.6 is 15.9 Å². The van der Waals surface area contributed by atoms with E-state index in [0.29, 0.717) is 12.1 Å². The van der Waals surface area contributed by atoms with Crippen LogP contribution in [-0.2, 0) is 6.42 Å². The van der Waals surface area contributed by atoms with Crippen LogP contribution in [0.5, 0.6) is 5.75 Å². The zero-order valence-electron chi connectivity index (χ0n) is 12.4. The Hall–Kier alpha value is -1.32. The lowest BCUT2D eigenvalue weighted by atomic mass is 10.0. The van der Waals surface area contributed by atoms with Crippen molar-refractivity contribution in [2.24, 2.45) is 0 Å². The van der Waals surface area contributed by atoms with Crippen molar-refractivity contribution in [3.63, 3.8) is 0 Å². The lowest BCUT2D eigenvalue weighted by molar-refractivity contribution is 0.412. The first kappa shape index (κ1) is 14.6. The Morgan fingerprint density at radius 2 is 1.95 bits per heavy atom. The summed E-state index contributed by atoms with van der Waals surface area (Å²) in [5.41, 5.74) is 4.14. The summed E-state index contributed by atoms with van der Waals surface area (Å²) in [5.74, 6) is 0.943. The summed E-state index contributed by atoms with van der Waals surface area (Å²) < 4.78 is 6.48. The second-order valence-electron chi connectivity index (χ2n) is 5.60. The predicted molar refractivity (Wildman–Crippen MR) is 89.7 cm³/mol. The van der Waals surface area contributed by atoms with Gasteiger partial charge in [-0.3, -0.25) is 0 Å². The van der Waals surface area contributed by atoms with Gasteiger partial charge in [0.15, 0.2) is 0 Å². The molecule has 2 atom stereocenters. The van der Waals surface area contributed by atoms with E-state index in [-0.39, 0.29) is 0 Å². The summed E-state index contributed by atoms with van der Waals surface area (Å²) >= 11 is 3.49. The van der Waals surface area contributed by atoms with E-state index in [1.165, 1.54) is 16.7 Å². The minimum absolute atomic E-state index is 0.334. The Labute approximate surface area is 134 Å². The molecule has 0 aromatic heterocycles. The molecule has 21 heavy (non-hydrogen) atoms. The van der Waals surface area contributed by atoms with E-state index in [0.717, 1.165) is 23.1 Å². The van der Waals surface area contributed by atoms with E-state index in [9.17, 15) is 0 Å². The van der Waals surface area contributed by atoms with Crippen molar-refractivity contribution in [3.8, 4) is 5.75 Å². The molecule has 2 aromatic rings. The third-order valence-electron chi connectivity index (χ3n) is 4.25. The number of benzene rings is 2. The molecule has 0 heterocycles. The first-order valence-electron chi connectivity index (χ1n) is 7.35. The Balaban J connectivity index is 1.76. The molecule has 0 radical (unpaired) electrons. The average Bonchev–Trinajstić information content (AvgIpc) is 2.90. The number of fused-ring (bicyclic) bond motifs is 1. The van der Waals surface area contributed by atoms with Gasteiger partial charge in [-0.25, -0.2) is 0 Å². The Morgan fingerprint density at radius 1 is 1.19 bits per heavy atom. The molecule has 0 amide bonds. The Bertz CT molecular complexity index is 624. The molecule has 2 nitrogen and oxygen atoms in total. The Kier molecular flexibility index (Phi) is 4.32. The molecule has 0 aliphatic heterocycles. The van der Waals surface area contributed by atoms with Crippen LogP contribution in [0.4, 0.5) is 0 Å². The minimum atomic E-state index is 0.334. The highest BCUT2D eigenvalue weighted by Gasteiger charge is 2.24. The van der Waals surface area contributed by atoms with Crippen LogP contribution < -0.4 is 10.1 Å². The largest absolute Gasteiger partial charge is 0.497 e. The molecule has 1 aliphatic carbocycles. The summed E-state index contributed by atoms with van der Waals surface area (Å²) in [5, 5.41) is 3.75. The molecule has 3 rings (SSSR count). The van der Waals surface area contributed by atoms with Crippen LogP contribution in [0.3, 0.4) is 0 Å². The summed E-state index contributed by atoms with van der Waals surface area (Å²) in [7, 11) is 1.73. The van der Waals surface area contributed by atoms with Crippen LogP contribution in [0.15, 0.2) is 46.9 Å². The monoisotopic (exact) mass is 345 g/mol. The SMILES string of the molecule is COc1ccc2c(c1)C(N[C@@H](C)c1ccc(Br)cc1)CC2. The zero-order valence-corrected chi connectivity index (χ0v) is 14.0. The molecule has 1 unspecified atom stereocenters. The Morgan fingerprint density at radius 3 is 2.67 bits per heavy atom. The van der Waals surface area contributed by atoms with Gasteiger partial charge >= 0.3 is 0 Å². The van der Waals surface area contributed by atoms with Crippen molar-refractivity contribution < 1.29 is 4.74 Å². The number of ether oxygens (including phenoxy) is 1. The van der Waals surface area contributed by atoms with Crippen molar-refractivity contribution in [2.45, 2.75) is 31.8 Å². The van der Waals surface area contributed by atoms with E-state index in [1.807, 2.05) is 0 Å². The summed E-state index contributed by atoms with van der Waals surface area (Å²) in [6, 6.07) is 15.7. The van der Waals surface area contributed by atoms with E-state index in [1.54, 1.807) is 7.11 Å². The van der Waals surface area contributed by atoms with Gasteiger partial charge in [-0.2, -0.15) is 0 Å². The minimum Gasteiger partial charge on any atom is -0.497 e. The molecule has 2 aromatic carbocycles. The topological polar surface area (TPSA) is 21.3 Å². The average molecular weight is 346 g/mol. The molecule has 0 saturated heterocycles. The first-order chi connectivity index (χ1) is 10.2. The van der Waals surface area contributed by atoms with Gasteiger partial charge in [0.25, 0.3) is 0 Å². The number of rotatable bonds is 4. The maximum atomic E-state index is 5.36. The van der Waals surface area contributed by atoms with E-state index in [2.05, 4.69) is 70.6 Å². The maximum absolute atomic E-state index is 5.36. The second-order valence-corrected chi connectivity index (χ2v) is 6.51. The fourth-order valence-corrected chi connectivity index (χ4v) is 3.29. The van der Waals surface area contributed by atoms with Crippen LogP contribution in [0.25, 0.3) is 0 Å². The van der Waals surface area contributed by atoms with Crippen molar-refractivity contribution in [3.05, 3.63) is 63.6 Å². The van der Waals surface area contributed by atoms with Crippen molar-refractivity contribution in [2.75, 3.05) is 7.11 Å². The first-order valence-corrected chi connectivity index (χ1v) is 8.15. The van der Waals surface area contributed by atoms with Gasteiger partial charge in [0.2, 0.25) is 0 Å². The van der Waals surface area contributed by atoms with Crippen molar-refractivity contribution >= 4 is 15.9 Å². The van der Waals surface area contributed by atoms with Gasteiger partial charge < -0.3 is 10.1 Å². The number of hydrogen-bond donors (Lipinski definition) is 1. The number of methoxy groups -OCH3 is 1. The van der Waals surface area contributed by atoms with Gasteiger partial charge in [0.1, 0.15) is 5.75 Å². The molecule has 0 saturated carbocycles. The molecule has 110 valence electrons. The third kappa shape index (κ3) is 3.14. The normalized spacial score (nSPS) is 18.3. The van der Waals surface area contributed by atoms with Crippen molar-refractivity contribution in [1.29, 1.82) is 0 Å². The molecule has 1 aliphatic rings. The van der Waals surface area contributed by atoms with Crippen LogP contribution in [0.2, 0.25) is 0 Å². The lowest BCUT2D eigenvalue weighted by Crippen LogP contribution is -2.23. The second kappa shape index (κ2) is 6.20. The van der Waals surface area contributed by atoms with Gasteiger partial charge in [0.05, 0.1) is 7.11 Å². The summed E-state index contributed by atoms with van der Waals surface area (Å²) in [6.45, 7) is 2.22. The van der Waals surface area contributed by atoms with Crippen LogP contribution in [0, 0.1) is 0 Å². The van der Waals surface area contributed by atoms with E-state index < -0.39 is 0 Å². The molecule has 0 spiro atoms. The fraction of sp³-hybridized carbons (Fsp3) is 0.333. The number of aryl methyl sites for hydroxylation is 1. The summed E-state index contributed by atoms with van der Waals surface area (Å²) in [6.07, 6.45) is 2.30. The molecular formula is C18H20BrNO. The quantitative estimate of drug-likeness (QED) is 0.859. The maximum Gasteiger partial charge on any atom is 0.119 e.